The van der Waals surface area contributed by atoms with E-state index in [4.69, 9.17) is 0 Å². The van der Waals surface area contributed by atoms with Gasteiger partial charge in [0.05, 0.1) is 0 Å². The van der Waals surface area contributed by atoms with Crippen LogP contribution < -0.4 is 0 Å². The van der Waals surface area contributed by atoms with Crippen LogP contribution in [0.15, 0.2) is 66.9 Å². The number of benzene rings is 2. The summed E-state index contributed by atoms with van der Waals surface area (Å²) in [5.74, 6) is 0. The molecule has 22 heavy (non-hydrogen) atoms. The van der Waals surface area contributed by atoms with Crippen molar-refractivity contribution in [1.29, 1.82) is 0 Å². The molecule has 0 amide bonds. The van der Waals surface area contributed by atoms with E-state index < -0.39 is 15.6 Å². The monoisotopic (exact) mass is 328 g/mol. The fraction of sp³-hybridized carbons (Fsp3) is 0.0667. The quantitative estimate of drug-likeness (QED) is 0.485. The third-order valence-electron chi connectivity index (χ3n) is 2.75. The Morgan fingerprint density at radius 2 is 1.27 bits per heavy atom. The molecule has 0 bridgehead atoms. The van der Waals surface area contributed by atoms with Gasteiger partial charge in [0.25, 0.3) is 0 Å². The number of hydrogen-bond donors (Lipinski definition) is 0. The SMILES string of the molecule is O=S(=O)(OC=C(c1ccccc1)c1ccccc1)C(F)(F)F. The summed E-state index contributed by atoms with van der Waals surface area (Å²) < 4.78 is 63.1. The van der Waals surface area contributed by atoms with Crippen LogP contribution in [-0.4, -0.2) is 13.9 Å². The van der Waals surface area contributed by atoms with Crippen molar-refractivity contribution in [2.45, 2.75) is 5.51 Å². The zero-order chi connectivity index (χ0) is 16.2. The van der Waals surface area contributed by atoms with Gasteiger partial charge in [0.1, 0.15) is 6.26 Å². The summed E-state index contributed by atoms with van der Waals surface area (Å²) in [5.41, 5.74) is -4.17. The molecular formula is C15H11F3O3S. The molecule has 116 valence electrons. The van der Waals surface area contributed by atoms with Gasteiger partial charge in [-0.1, -0.05) is 60.7 Å². The second kappa shape index (κ2) is 6.23. The standard InChI is InChI=1S/C15H11F3O3S/c16-15(17,18)22(19,20)21-11-14(12-7-3-1-4-8-12)13-9-5-2-6-10-13/h1-11H. The molecule has 0 aliphatic heterocycles. The minimum absolute atomic E-state index is 0.231. The maximum Gasteiger partial charge on any atom is 0.534 e. The summed E-state index contributed by atoms with van der Waals surface area (Å²) in [7, 11) is -5.69. The maximum atomic E-state index is 12.3. The fourth-order valence-electron chi connectivity index (χ4n) is 1.70. The number of alkyl halides is 3. The first-order valence-electron chi connectivity index (χ1n) is 6.12. The van der Waals surface area contributed by atoms with Gasteiger partial charge in [-0.2, -0.15) is 21.6 Å². The van der Waals surface area contributed by atoms with Crippen LogP contribution in [0.1, 0.15) is 11.1 Å². The molecule has 2 aromatic rings. The molecule has 0 aliphatic carbocycles. The van der Waals surface area contributed by atoms with Gasteiger partial charge in [0.2, 0.25) is 0 Å². The van der Waals surface area contributed by atoms with Crippen LogP contribution in [0.5, 0.6) is 0 Å². The van der Waals surface area contributed by atoms with Crippen LogP contribution in [0.4, 0.5) is 13.2 Å². The van der Waals surface area contributed by atoms with Crippen LogP contribution in [0.3, 0.4) is 0 Å². The van der Waals surface area contributed by atoms with Crippen LogP contribution in [0, 0.1) is 0 Å². The lowest BCUT2D eigenvalue weighted by molar-refractivity contribution is -0.0514. The third-order valence-corrected chi connectivity index (χ3v) is 3.66. The van der Waals surface area contributed by atoms with E-state index in [1.54, 1.807) is 60.7 Å². The molecule has 0 atom stereocenters. The minimum Gasteiger partial charge on any atom is -0.383 e. The van der Waals surface area contributed by atoms with Crippen molar-refractivity contribution in [3.8, 4) is 0 Å². The first-order chi connectivity index (χ1) is 10.3. The molecule has 0 radical (unpaired) electrons. The molecule has 7 heteroatoms. The van der Waals surface area contributed by atoms with Gasteiger partial charge >= 0.3 is 15.6 Å². The van der Waals surface area contributed by atoms with Crippen LogP contribution in [0.25, 0.3) is 5.57 Å². The topological polar surface area (TPSA) is 43.4 Å². The maximum absolute atomic E-state index is 12.3. The van der Waals surface area contributed by atoms with Crippen molar-refractivity contribution < 1.29 is 25.8 Å². The molecule has 0 saturated heterocycles. The highest BCUT2D eigenvalue weighted by Gasteiger charge is 2.48. The second-order valence-corrected chi connectivity index (χ2v) is 5.82. The highest BCUT2D eigenvalue weighted by Crippen LogP contribution is 2.28. The number of rotatable bonds is 4. The van der Waals surface area contributed by atoms with Gasteiger partial charge in [-0.25, -0.2) is 0 Å². The lowest BCUT2D eigenvalue weighted by atomic mass is 9.99. The first kappa shape index (κ1) is 16.1. The molecule has 0 fully saturated rings. The molecule has 0 saturated carbocycles. The molecule has 0 N–H and O–H groups in total. The Balaban J connectivity index is 2.45. The van der Waals surface area contributed by atoms with Crippen molar-refractivity contribution >= 4 is 15.7 Å². The highest BCUT2D eigenvalue weighted by molar-refractivity contribution is 7.87. The molecule has 0 aromatic heterocycles. The second-order valence-electron chi connectivity index (χ2n) is 4.26. The van der Waals surface area contributed by atoms with Crippen molar-refractivity contribution in [2.24, 2.45) is 0 Å². The van der Waals surface area contributed by atoms with E-state index in [-0.39, 0.29) is 5.57 Å². The summed E-state index contributed by atoms with van der Waals surface area (Å²) in [6, 6.07) is 16.8. The Hall–Kier alpha value is -2.28. The zero-order valence-corrected chi connectivity index (χ0v) is 11.9. The minimum atomic E-state index is -5.69. The Bertz CT molecular complexity index is 710. The van der Waals surface area contributed by atoms with E-state index in [2.05, 4.69) is 4.18 Å². The summed E-state index contributed by atoms with van der Waals surface area (Å²) in [4.78, 5) is 0. The number of halogens is 3. The van der Waals surface area contributed by atoms with Gasteiger partial charge in [-0.05, 0) is 11.1 Å². The van der Waals surface area contributed by atoms with Crippen molar-refractivity contribution in [3.05, 3.63) is 78.1 Å². The van der Waals surface area contributed by atoms with E-state index in [9.17, 15) is 21.6 Å². The fourth-order valence-corrected chi connectivity index (χ4v) is 2.04. The molecule has 0 spiro atoms. The van der Waals surface area contributed by atoms with Crippen molar-refractivity contribution in [3.63, 3.8) is 0 Å². The summed E-state index contributed by atoms with van der Waals surface area (Å²) in [5, 5.41) is 0. The first-order valence-corrected chi connectivity index (χ1v) is 7.53. The molecule has 0 unspecified atom stereocenters. The smallest absolute Gasteiger partial charge is 0.383 e. The van der Waals surface area contributed by atoms with Crippen molar-refractivity contribution in [1.82, 2.24) is 0 Å². The zero-order valence-electron chi connectivity index (χ0n) is 11.1. The average Bonchev–Trinajstić information content (AvgIpc) is 2.48. The molecule has 0 aliphatic rings. The van der Waals surface area contributed by atoms with E-state index in [0.717, 1.165) is 0 Å². The Kier molecular flexibility index (Phi) is 4.56. The molecular weight excluding hydrogens is 317 g/mol. The third kappa shape index (κ3) is 3.67. The largest absolute Gasteiger partial charge is 0.534 e. The summed E-state index contributed by atoms with van der Waals surface area (Å²) >= 11 is 0. The summed E-state index contributed by atoms with van der Waals surface area (Å²) in [6.45, 7) is 0. The molecule has 2 rings (SSSR count). The predicted octanol–water partition coefficient (Wildman–Crippen LogP) is 3.94. The van der Waals surface area contributed by atoms with E-state index in [1.807, 2.05) is 0 Å². The normalized spacial score (nSPS) is 11.8. The van der Waals surface area contributed by atoms with Crippen molar-refractivity contribution in [2.75, 3.05) is 0 Å². The molecule has 3 nitrogen and oxygen atoms in total. The van der Waals surface area contributed by atoms with Crippen LogP contribution in [-0.2, 0) is 14.3 Å². The van der Waals surface area contributed by atoms with Gasteiger partial charge in [-0.3, -0.25) is 0 Å². The average molecular weight is 328 g/mol. The van der Waals surface area contributed by atoms with Crippen LogP contribution >= 0.6 is 0 Å². The van der Waals surface area contributed by atoms with E-state index >= 15 is 0 Å². The van der Waals surface area contributed by atoms with Crippen LogP contribution in [0.2, 0.25) is 0 Å². The lowest BCUT2D eigenvalue weighted by Gasteiger charge is -2.10. The van der Waals surface area contributed by atoms with E-state index in [0.29, 0.717) is 17.4 Å². The molecule has 0 heterocycles. The van der Waals surface area contributed by atoms with E-state index in [1.165, 1.54) is 0 Å². The lowest BCUT2D eigenvalue weighted by Crippen LogP contribution is -2.23. The Morgan fingerprint density at radius 3 is 1.64 bits per heavy atom. The van der Waals surface area contributed by atoms with Gasteiger partial charge in [0.15, 0.2) is 0 Å². The Morgan fingerprint density at radius 1 is 0.864 bits per heavy atom. The van der Waals surface area contributed by atoms with Gasteiger partial charge in [-0.15, -0.1) is 0 Å². The molecule has 2 aromatic carbocycles. The Labute approximate surface area is 125 Å². The highest BCUT2D eigenvalue weighted by atomic mass is 32.2. The van der Waals surface area contributed by atoms with Gasteiger partial charge < -0.3 is 4.18 Å². The van der Waals surface area contributed by atoms with Gasteiger partial charge in [0, 0.05) is 5.57 Å². The summed E-state index contributed by atoms with van der Waals surface area (Å²) in [6.07, 6.45) is 0.605. The predicted molar refractivity (Wildman–Crippen MR) is 76.0 cm³/mol. The number of hydrogen-bond acceptors (Lipinski definition) is 3.